The van der Waals surface area contributed by atoms with Crippen LogP contribution >= 0.6 is 0 Å². The third kappa shape index (κ3) is 2.46. The number of carboxylic acid groups (broad SMARTS) is 1. The van der Waals surface area contributed by atoms with E-state index in [1.165, 1.54) is 0 Å². The van der Waals surface area contributed by atoms with E-state index in [1.807, 2.05) is 36.4 Å². The molecule has 0 radical (unpaired) electrons. The summed E-state index contributed by atoms with van der Waals surface area (Å²) >= 11 is 0. The Bertz CT molecular complexity index is 558. The van der Waals surface area contributed by atoms with E-state index in [0.29, 0.717) is 0 Å². The van der Waals surface area contributed by atoms with Crippen LogP contribution in [0.25, 0.3) is 0 Å². The fourth-order valence-corrected chi connectivity index (χ4v) is 3.75. The topological polar surface area (TPSA) is 37.3 Å². The molecular weight excluding hydrogens is 260 g/mol. The number of rotatable bonds is 4. The lowest BCUT2D eigenvalue weighted by molar-refractivity contribution is -0.149. The molecule has 2 aromatic rings. The summed E-state index contributed by atoms with van der Waals surface area (Å²) in [6.07, 6.45) is 3.53. The molecule has 0 heterocycles. The number of benzene rings is 2. The van der Waals surface area contributed by atoms with Crippen LogP contribution < -0.4 is 0 Å². The quantitative estimate of drug-likeness (QED) is 0.897. The first-order valence-corrected chi connectivity index (χ1v) is 7.57. The summed E-state index contributed by atoms with van der Waals surface area (Å²) in [5.74, 6) is -0.724. The van der Waals surface area contributed by atoms with Crippen LogP contribution in [0.15, 0.2) is 60.7 Å². The second-order valence-electron chi connectivity index (χ2n) is 5.92. The summed E-state index contributed by atoms with van der Waals surface area (Å²) in [6, 6.07) is 20.2. The van der Waals surface area contributed by atoms with E-state index in [1.54, 1.807) is 0 Å². The van der Waals surface area contributed by atoms with Gasteiger partial charge in [0, 0.05) is 5.92 Å². The lowest BCUT2D eigenvalue weighted by atomic mass is 9.67. The van der Waals surface area contributed by atoms with Crippen molar-refractivity contribution in [2.45, 2.75) is 31.6 Å². The molecule has 0 bridgehead atoms. The van der Waals surface area contributed by atoms with Gasteiger partial charge in [-0.15, -0.1) is 0 Å². The van der Waals surface area contributed by atoms with Crippen molar-refractivity contribution in [2.75, 3.05) is 0 Å². The Kier molecular flexibility index (Phi) is 3.78. The Labute approximate surface area is 125 Å². The van der Waals surface area contributed by atoms with E-state index >= 15 is 0 Å². The van der Waals surface area contributed by atoms with Gasteiger partial charge in [0.05, 0.1) is 5.41 Å². The maximum atomic E-state index is 12.1. The monoisotopic (exact) mass is 280 g/mol. The van der Waals surface area contributed by atoms with Gasteiger partial charge in [-0.1, -0.05) is 73.5 Å². The third-order valence-corrected chi connectivity index (χ3v) is 4.74. The molecular formula is C19H20O2. The predicted octanol–water partition coefficient (Wildman–Crippen LogP) is 4.46. The largest absolute Gasteiger partial charge is 0.481 e. The number of aliphatic carboxylic acids is 1. The molecule has 0 saturated heterocycles. The maximum absolute atomic E-state index is 12.1. The predicted molar refractivity (Wildman–Crippen MR) is 83.3 cm³/mol. The van der Waals surface area contributed by atoms with Crippen molar-refractivity contribution in [1.82, 2.24) is 0 Å². The average molecular weight is 280 g/mol. The van der Waals surface area contributed by atoms with Gasteiger partial charge in [0.2, 0.25) is 0 Å². The van der Waals surface area contributed by atoms with Crippen LogP contribution in [0.4, 0.5) is 0 Å². The lowest BCUT2D eigenvalue weighted by Gasteiger charge is -2.34. The van der Waals surface area contributed by atoms with Crippen LogP contribution in [0.3, 0.4) is 0 Å². The van der Waals surface area contributed by atoms with Gasteiger partial charge in [-0.05, 0) is 24.0 Å². The highest BCUT2D eigenvalue weighted by Crippen LogP contribution is 2.52. The normalized spacial score (nSPS) is 17.0. The van der Waals surface area contributed by atoms with E-state index in [-0.39, 0.29) is 5.92 Å². The highest BCUT2D eigenvalue weighted by atomic mass is 16.4. The smallest absolute Gasteiger partial charge is 0.310 e. The average Bonchev–Trinajstić information content (AvgIpc) is 3.00. The molecule has 1 aliphatic carbocycles. The molecule has 3 rings (SSSR count). The Hall–Kier alpha value is -2.09. The van der Waals surface area contributed by atoms with Crippen molar-refractivity contribution >= 4 is 5.97 Å². The van der Waals surface area contributed by atoms with Gasteiger partial charge >= 0.3 is 5.97 Å². The number of hydrogen-bond acceptors (Lipinski definition) is 1. The molecule has 0 amide bonds. The molecule has 0 atom stereocenters. The molecule has 0 aromatic heterocycles. The Morgan fingerprint density at radius 2 is 1.29 bits per heavy atom. The Morgan fingerprint density at radius 3 is 1.67 bits per heavy atom. The van der Waals surface area contributed by atoms with E-state index in [2.05, 4.69) is 24.3 Å². The Morgan fingerprint density at radius 1 is 0.857 bits per heavy atom. The minimum atomic E-state index is -0.664. The summed E-state index contributed by atoms with van der Waals surface area (Å²) in [5, 5.41) is 9.96. The summed E-state index contributed by atoms with van der Waals surface area (Å²) in [5.41, 5.74) is 1.55. The van der Waals surface area contributed by atoms with Crippen molar-refractivity contribution in [3.05, 3.63) is 71.8 Å². The SMILES string of the molecule is O=C(O)C1(C(c2ccccc2)c2ccccc2)CCCC1. The van der Waals surface area contributed by atoms with Crippen LogP contribution in [0.1, 0.15) is 42.7 Å². The molecule has 21 heavy (non-hydrogen) atoms. The van der Waals surface area contributed by atoms with E-state index in [4.69, 9.17) is 0 Å². The minimum absolute atomic E-state index is 0.0695. The zero-order valence-corrected chi connectivity index (χ0v) is 12.0. The molecule has 0 spiro atoms. The van der Waals surface area contributed by atoms with E-state index in [9.17, 15) is 9.90 Å². The second kappa shape index (κ2) is 5.72. The Balaban J connectivity index is 2.15. The summed E-state index contributed by atoms with van der Waals surface area (Å²) < 4.78 is 0. The molecule has 1 N–H and O–H groups in total. The molecule has 0 aliphatic heterocycles. The van der Waals surface area contributed by atoms with E-state index in [0.717, 1.165) is 36.8 Å². The molecule has 1 saturated carbocycles. The van der Waals surface area contributed by atoms with Crippen LogP contribution in [-0.4, -0.2) is 11.1 Å². The first-order valence-electron chi connectivity index (χ1n) is 7.57. The van der Waals surface area contributed by atoms with Crippen molar-refractivity contribution in [2.24, 2.45) is 5.41 Å². The molecule has 2 nitrogen and oxygen atoms in total. The summed E-state index contributed by atoms with van der Waals surface area (Å²) in [6.45, 7) is 0. The molecule has 1 fully saturated rings. The fourth-order valence-electron chi connectivity index (χ4n) is 3.75. The van der Waals surface area contributed by atoms with Crippen LogP contribution in [0.2, 0.25) is 0 Å². The van der Waals surface area contributed by atoms with Crippen LogP contribution in [0.5, 0.6) is 0 Å². The third-order valence-electron chi connectivity index (χ3n) is 4.74. The van der Waals surface area contributed by atoms with Gasteiger partial charge in [0.25, 0.3) is 0 Å². The summed E-state index contributed by atoms with van der Waals surface area (Å²) in [7, 11) is 0. The first-order chi connectivity index (χ1) is 10.2. The van der Waals surface area contributed by atoms with Crippen molar-refractivity contribution in [1.29, 1.82) is 0 Å². The zero-order chi connectivity index (χ0) is 14.7. The van der Waals surface area contributed by atoms with E-state index < -0.39 is 11.4 Å². The molecule has 1 aliphatic rings. The van der Waals surface area contributed by atoms with Crippen molar-refractivity contribution in [3.8, 4) is 0 Å². The fraction of sp³-hybridized carbons (Fsp3) is 0.316. The minimum Gasteiger partial charge on any atom is -0.481 e. The van der Waals surface area contributed by atoms with Gasteiger partial charge in [0.15, 0.2) is 0 Å². The molecule has 0 unspecified atom stereocenters. The van der Waals surface area contributed by atoms with Gasteiger partial charge in [-0.3, -0.25) is 4.79 Å². The van der Waals surface area contributed by atoms with Crippen molar-refractivity contribution < 1.29 is 9.90 Å². The highest BCUT2D eigenvalue weighted by molar-refractivity contribution is 5.77. The molecule has 108 valence electrons. The van der Waals surface area contributed by atoms with Crippen LogP contribution in [0, 0.1) is 5.41 Å². The van der Waals surface area contributed by atoms with Gasteiger partial charge < -0.3 is 5.11 Å². The number of hydrogen-bond donors (Lipinski definition) is 1. The highest BCUT2D eigenvalue weighted by Gasteiger charge is 2.48. The standard InChI is InChI=1S/C19H20O2/c20-18(21)19(13-7-8-14-19)17(15-9-3-1-4-10-15)16-11-5-2-6-12-16/h1-6,9-12,17H,7-8,13-14H2,(H,20,21). The van der Waals surface area contributed by atoms with Crippen LogP contribution in [-0.2, 0) is 4.79 Å². The van der Waals surface area contributed by atoms with Gasteiger partial charge in [-0.2, -0.15) is 0 Å². The van der Waals surface area contributed by atoms with Gasteiger partial charge in [-0.25, -0.2) is 0 Å². The van der Waals surface area contributed by atoms with Crippen molar-refractivity contribution in [3.63, 3.8) is 0 Å². The second-order valence-corrected chi connectivity index (χ2v) is 5.92. The lowest BCUT2D eigenvalue weighted by Crippen LogP contribution is -2.35. The van der Waals surface area contributed by atoms with Gasteiger partial charge in [0.1, 0.15) is 0 Å². The first kappa shape index (κ1) is 13.9. The molecule has 2 heteroatoms. The maximum Gasteiger partial charge on any atom is 0.310 e. The molecule has 2 aromatic carbocycles. The zero-order valence-electron chi connectivity index (χ0n) is 12.0. The summed E-state index contributed by atoms with van der Waals surface area (Å²) in [4.78, 5) is 12.1. The number of carboxylic acids is 1. The number of carbonyl (C=O) groups is 1.